The highest BCUT2D eigenvalue weighted by molar-refractivity contribution is 7.22. The molecule has 1 aromatic heterocycles. The van der Waals surface area contributed by atoms with Gasteiger partial charge in [-0.3, -0.25) is 9.59 Å². The number of rotatable bonds is 6. The summed E-state index contributed by atoms with van der Waals surface area (Å²) in [6, 6.07) is 14.2. The number of carbonyl (C=O) groups excluding carboxylic acids is 2. The zero-order valence-corrected chi connectivity index (χ0v) is 15.3. The third-order valence-corrected chi connectivity index (χ3v) is 4.69. The molecule has 2 N–H and O–H groups in total. The number of carbonyl (C=O) groups is 2. The molecule has 1 atom stereocenters. The second kappa shape index (κ2) is 7.97. The minimum Gasteiger partial charge on any atom is -0.494 e. The summed E-state index contributed by atoms with van der Waals surface area (Å²) in [5.74, 6) is 0.266. The lowest BCUT2D eigenvalue weighted by Crippen LogP contribution is -2.35. The summed E-state index contributed by atoms with van der Waals surface area (Å²) < 4.78 is 6.22. The molecule has 1 heterocycles. The van der Waals surface area contributed by atoms with Crippen molar-refractivity contribution >= 4 is 38.5 Å². The Morgan fingerprint density at radius 3 is 2.65 bits per heavy atom. The van der Waals surface area contributed by atoms with E-state index in [2.05, 4.69) is 15.6 Å². The number of nitrogens with one attached hydrogen (secondary N) is 2. The summed E-state index contributed by atoms with van der Waals surface area (Å²) in [4.78, 5) is 28.8. The third-order valence-electron chi connectivity index (χ3n) is 3.75. The number of nitrogens with zero attached hydrogens (tertiary/aromatic N) is 1. The van der Waals surface area contributed by atoms with Crippen molar-refractivity contribution in [3.63, 3.8) is 0 Å². The molecule has 0 aliphatic heterocycles. The maximum absolute atomic E-state index is 12.2. The number of benzene rings is 2. The van der Waals surface area contributed by atoms with Gasteiger partial charge in [0.05, 0.1) is 11.8 Å². The van der Waals surface area contributed by atoms with Crippen molar-refractivity contribution in [3.05, 3.63) is 54.1 Å². The van der Waals surface area contributed by atoms with Crippen molar-refractivity contribution in [3.8, 4) is 5.75 Å². The number of thiazole rings is 1. The fourth-order valence-corrected chi connectivity index (χ4v) is 3.44. The molecule has 7 heteroatoms. The van der Waals surface area contributed by atoms with Gasteiger partial charge in [-0.05, 0) is 31.2 Å². The van der Waals surface area contributed by atoms with Crippen molar-refractivity contribution < 1.29 is 14.3 Å². The first-order chi connectivity index (χ1) is 12.6. The highest BCUT2D eigenvalue weighted by Gasteiger charge is 2.15. The Labute approximate surface area is 155 Å². The van der Waals surface area contributed by atoms with Crippen LogP contribution in [0.4, 0.5) is 5.13 Å². The summed E-state index contributed by atoms with van der Waals surface area (Å²) in [5, 5.41) is 6.12. The quantitative estimate of drug-likeness (QED) is 0.697. The normalized spacial score (nSPS) is 11.8. The summed E-state index contributed by atoms with van der Waals surface area (Å²) in [7, 11) is 1.59. The monoisotopic (exact) mass is 369 g/mol. The molecule has 3 aromatic rings. The van der Waals surface area contributed by atoms with E-state index in [0.717, 1.165) is 10.2 Å². The lowest BCUT2D eigenvalue weighted by Gasteiger charge is -2.13. The van der Waals surface area contributed by atoms with Gasteiger partial charge in [0.2, 0.25) is 5.91 Å². The van der Waals surface area contributed by atoms with Gasteiger partial charge in [0.25, 0.3) is 5.91 Å². The van der Waals surface area contributed by atoms with Gasteiger partial charge in [0.1, 0.15) is 11.3 Å². The Morgan fingerprint density at radius 1 is 1.15 bits per heavy atom. The molecule has 0 saturated carbocycles. The van der Waals surface area contributed by atoms with E-state index in [1.807, 2.05) is 24.3 Å². The number of hydrogen-bond acceptors (Lipinski definition) is 5. The molecule has 2 amide bonds. The maximum atomic E-state index is 12.2. The molecule has 0 spiro atoms. The van der Waals surface area contributed by atoms with Crippen LogP contribution >= 0.6 is 11.3 Å². The van der Waals surface area contributed by atoms with E-state index in [9.17, 15) is 9.59 Å². The van der Waals surface area contributed by atoms with Crippen LogP contribution in [0.2, 0.25) is 0 Å². The molecule has 26 heavy (non-hydrogen) atoms. The third kappa shape index (κ3) is 4.18. The molecule has 1 unspecified atom stereocenters. The minimum atomic E-state index is -0.299. The van der Waals surface area contributed by atoms with Crippen LogP contribution in [0, 0.1) is 0 Å². The molecule has 3 rings (SSSR count). The standard InChI is InChI=1S/C19H19N3O3S/c1-12(20-18(24)13-7-4-3-5-8-13)11-16(23)21-19-22-17-14(25-2)9-6-10-15(17)26-19/h3-10,12H,11H2,1-2H3,(H,20,24)(H,21,22,23). The van der Waals surface area contributed by atoms with Crippen molar-refractivity contribution in [2.24, 2.45) is 0 Å². The second-order valence-electron chi connectivity index (χ2n) is 5.82. The predicted octanol–water partition coefficient (Wildman–Crippen LogP) is 3.45. The number of aromatic nitrogens is 1. The van der Waals surface area contributed by atoms with Gasteiger partial charge in [-0.2, -0.15) is 0 Å². The summed E-state index contributed by atoms with van der Waals surface area (Å²) >= 11 is 1.38. The Hall–Kier alpha value is -2.93. The highest BCUT2D eigenvalue weighted by Crippen LogP contribution is 2.32. The first-order valence-electron chi connectivity index (χ1n) is 8.16. The average molecular weight is 369 g/mol. The van der Waals surface area contributed by atoms with Gasteiger partial charge in [-0.1, -0.05) is 35.6 Å². The van der Waals surface area contributed by atoms with Gasteiger partial charge in [0.15, 0.2) is 5.13 Å². The molecule has 0 aliphatic carbocycles. The molecule has 0 bridgehead atoms. The van der Waals surface area contributed by atoms with Gasteiger partial charge >= 0.3 is 0 Å². The molecule has 134 valence electrons. The van der Waals surface area contributed by atoms with Crippen LogP contribution < -0.4 is 15.4 Å². The maximum Gasteiger partial charge on any atom is 0.251 e. The number of anilines is 1. The SMILES string of the molecule is COc1cccc2sc(NC(=O)CC(C)NC(=O)c3ccccc3)nc12. The first-order valence-corrected chi connectivity index (χ1v) is 8.98. The molecule has 0 saturated heterocycles. The zero-order chi connectivity index (χ0) is 18.5. The van der Waals surface area contributed by atoms with E-state index in [-0.39, 0.29) is 24.3 Å². The number of methoxy groups -OCH3 is 1. The molecular weight excluding hydrogens is 350 g/mol. The van der Waals surface area contributed by atoms with Crippen molar-refractivity contribution in [2.45, 2.75) is 19.4 Å². The second-order valence-corrected chi connectivity index (χ2v) is 6.85. The van der Waals surface area contributed by atoms with E-state index >= 15 is 0 Å². The van der Waals surface area contributed by atoms with Crippen LogP contribution in [0.1, 0.15) is 23.7 Å². The number of para-hydroxylation sites is 1. The van der Waals surface area contributed by atoms with Crippen molar-refractivity contribution in [1.82, 2.24) is 10.3 Å². The fraction of sp³-hybridized carbons (Fsp3) is 0.211. The smallest absolute Gasteiger partial charge is 0.251 e. The predicted molar refractivity (Wildman–Crippen MR) is 103 cm³/mol. The Balaban J connectivity index is 1.59. The Kier molecular flexibility index (Phi) is 5.48. The van der Waals surface area contributed by atoms with Crippen LogP contribution in [0.3, 0.4) is 0 Å². The number of hydrogen-bond donors (Lipinski definition) is 2. The van der Waals surface area contributed by atoms with Crippen LogP contribution in [0.15, 0.2) is 48.5 Å². The van der Waals surface area contributed by atoms with Crippen LogP contribution in [-0.2, 0) is 4.79 Å². The van der Waals surface area contributed by atoms with Gasteiger partial charge in [-0.15, -0.1) is 0 Å². The Morgan fingerprint density at radius 2 is 1.92 bits per heavy atom. The van der Waals surface area contributed by atoms with E-state index in [0.29, 0.717) is 16.4 Å². The first kappa shape index (κ1) is 17.9. The van der Waals surface area contributed by atoms with Gasteiger partial charge in [-0.25, -0.2) is 4.98 Å². The van der Waals surface area contributed by atoms with E-state index in [1.54, 1.807) is 38.3 Å². The highest BCUT2D eigenvalue weighted by atomic mass is 32.1. The average Bonchev–Trinajstić information content (AvgIpc) is 3.04. The molecular formula is C19H19N3O3S. The van der Waals surface area contributed by atoms with Crippen LogP contribution in [0.5, 0.6) is 5.75 Å². The minimum absolute atomic E-state index is 0.158. The topological polar surface area (TPSA) is 80.3 Å². The van der Waals surface area contributed by atoms with Gasteiger partial charge in [0, 0.05) is 18.0 Å². The molecule has 0 aliphatic rings. The summed E-state index contributed by atoms with van der Waals surface area (Å²) in [6.07, 6.45) is 0.158. The van der Waals surface area contributed by atoms with Crippen LogP contribution in [0.25, 0.3) is 10.2 Å². The fourth-order valence-electron chi connectivity index (χ4n) is 2.54. The molecule has 0 fully saturated rings. The van der Waals surface area contributed by atoms with E-state index < -0.39 is 0 Å². The van der Waals surface area contributed by atoms with Gasteiger partial charge < -0.3 is 15.4 Å². The Bertz CT molecular complexity index is 924. The summed E-state index contributed by atoms with van der Waals surface area (Å²) in [6.45, 7) is 1.79. The molecule has 6 nitrogen and oxygen atoms in total. The van der Waals surface area contributed by atoms with E-state index in [1.165, 1.54) is 11.3 Å². The largest absolute Gasteiger partial charge is 0.494 e. The van der Waals surface area contributed by atoms with Crippen molar-refractivity contribution in [1.29, 1.82) is 0 Å². The number of fused-ring (bicyclic) bond motifs is 1. The molecule has 0 radical (unpaired) electrons. The molecule has 2 aromatic carbocycles. The van der Waals surface area contributed by atoms with Crippen LogP contribution in [-0.4, -0.2) is 29.9 Å². The van der Waals surface area contributed by atoms with E-state index in [4.69, 9.17) is 4.74 Å². The zero-order valence-electron chi connectivity index (χ0n) is 14.5. The van der Waals surface area contributed by atoms with Crippen molar-refractivity contribution in [2.75, 3.05) is 12.4 Å². The lowest BCUT2D eigenvalue weighted by atomic mass is 10.1. The number of ether oxygens (including phenoxy) is 1. The number of amides is 2. The summed E-state index contributed by atoms with van der Waals surface area (Å²) in [5.41, 5.74) is 1.29. The lowest BCUT2D eigenvalue weighted by molar-refractivity contribution is -0.116.